The third-order valence-corrected chi connectivity index (χ3v) is 4.97. The number of tetrazole rings is 1. The number of aryl methyl sites for hydroxylation is 2. The maximum atomic E-state index is 12.3. The lowest BCUT2D eigenvalue weighted by Crippen LogP contribution is -2.17. The summed E-state index contributed by atoms with van der Waals surface area (Å²) in [6, 6.07) is 11.4. The number of hydrogen-bond acceptors (Lipinski definition) is 7. The summed E-state index contributed by atoms with van der Waals surface area (Å²) in [5.74, 6) is 1.35. The minimum absolute atomic E-state index is 0.156. The Balaban J connectivity index is 1.41. The first-order valence-electron chi connectivity index (χ1n) is 8.78. The van der Waals surface area contributed by atoms with Crippen LogP contribution in [0, 0.1) is 13.8 Å². The van der Waals surface area contributed by atoms with Gasteiger partial charge in [0.2, 0.25) is 11.1 Å². The van der Waals surface area contributed by atoms with E-state index in [9.17, 15) is 4.79 Å². The van der Waals surface area contributed by atoms with E-state index < -0.39 is 0 Å². The van der Waals surface area contributed by atoms with Crippen LogP contribution >= 0.6 is 11.8 Å². The molecule has 8 nitrogen and oxygen atoms in total. The van der Waals surface area contributed by atoms with Gasteiger partial charge in [0.05, 0.1) is 11.4 Å². The minimum atomic E-state index is -0.156. The number of aromatic nitrogens is 4. The van der Waals surface area contributed by atoms with E-state index in [0.29, 0.717) is 35.6 Å². The number of carbonyl (C=O) groups excluding carboxylic acids is 1. The number of ether oxygens (including phenoxy) is 2. The van der Waals surface area contributed by atoms with Gasteiger partial charge in [0, 0.05) is 11.8 Å². The Morgan fingerprint density at radius 1 is 1.11 bits per heavy atom. The molecule has 1 aliphatic heterocycles. The summed E-state index contributed by atoms with van der Waals surface area (Å²) in [4.78, 5) is 12.3. The van der Waals surface area contributed by atoms with Crippen molar-refractivity contribution in [1.82, 2.24) is 20.2 Å². The van der Waals surface area contributed by atoms with Gasteiger partial charge < -0.3 is 14.8 Å². The molecule has 0 spiro atoms. The zero-order chi connectivity index (χ0) is 19.5. The lowest BCUT2D eigenvalue weighted by Gasteiger charge is -2.18. The molecule has 0 unspecified atom stereocenters. The fraction of sp³-hybridized carbons (Fsp3) is 0.263. The second kappa shape index (κ2) is 7.89. The van der Waals surface area contributed by atoms with Gasteiger partial charge in [-0.3, -0.25) is 4.79 Å². The van der Waals surface area contributed by atoms with Crippen LogP contribution < -0.4 is 14.8 Å². The van der Waals surface area contributed by atoms with Crippen molar-refractivity contribution in [2.24, 2.45) is 0 Å². The van der Waals surface area contributed by atoms with Crippen LogP contribution in [0.25, 0.3) is 5.69 Å². The van der Waals surface area contributed by atoms with Crippen molar-refractivity contribution in [2.75, 3.05) is 24.3 Å². The third-order valence-electron chi connectivity index (χ3n) is 4.05. The smallest absolute Gasteiger partial charge is 0.234 e. The maximum absolute atomic E-state index is 12.3. The summed E-state index contributed by atoms with van der Waals surface area (Å²) in [7, 11) is 0. The molecular weight excluding hydrogens is 378 g/mol. The molecule has 1 aromatic heterocycles. The van der Waals surface area contributed by atoms with Crippen LogP contribution in [-0.4, -0.2) is 45.1 Å². The molecule has 0 radical (unpaired) electrons. The molecule has 0 aliphatic carbocycles. The molecule has 28 heavy (non-hydrogen) atoms. The molecule has 0 fully saturated rings. The zero-order valence-corrected chi connectivity index (χ0v) is 16.3. The van der Waals surface area contributed by atoms with Gasteiger partial charge in [-0.1, -0.05) is 17.8 Å². The number of carbonyl (C=O) groups is 1. The van der Waals surface area contributed by atoms with Gasteiger partial charge in [-0.2, -0.15) is 4.68 Å². The Morgan fingerprint density at radius 2 is 1.86 bits per heavy atom. The summed E-state index contributed by atoms with van der Waals surface area (Å²) in [5, 5.41) is 15.3. The van der Waals surface area contributed by atoms with Crippen LogP contribution in [0.15, 0.2) is 41.6 Å². The number of fused-ring (bicyclic) bond motifs is 1. The first-order chi connectivity index (χ1) is 13.6. The van der Waals surface area contributed by atoms with E-state index in [-0.39, 0.29) is 11.7 Å². The van der Waals surface area contributed by atoms with Crippen LogP contribution in [0.2, 0.25) is 0 Å². The molecule has 0 bridgehead atoms. The SMILES string of the molecule is Cc1cc(C)cc(-n2nnnc2SCC(=O)Nc2ccc3c(c2)OCCO3)c1. The molecule has 144 valence electrons. The highest BCUT2D eigenvalue weighted by molar-refractivity contribution is 7.99. The van der Waals surface area contributed by atoms with Gasteiger partial charge in [0.15, 0.2) is 11.5 Å². The highest BCUT2D eigenvalue weighted by atomic mass is 32.2. The highest BCUT2D eigenvalue weighted by Crippen LogP contribution is 2.32. The van der Waals surface area contributed by atoms with Gasteiger partial charge in [0.1, 0.15) is 13.2 Å². The average molecular weight is 397 g/mol. The molecule has 2 heterocycles. The van der Waals surface area contributed by atoms with Crippen molar-refractivity contribution >= 4 is 23.4 Å². The molecule has 9 heteroatoms. The third kappa shape index (κ3) is 4.09. The zero-order valence-electron chi connectivity index (χ0n) is 15.5. The van der Waals surface area contributed by atoms with Crippen LogP contribution in [-0.2, 0) is 4.79 Å². The molecule has 1 amide bonds. The summed E-state index contributed by atoms with van der Waals surface area (Å²) >= 11 is 1.28. The van der Waals surface area contributed by atoms with Gasteiger partial charge in [-0.05, 0) is 59.7 Å². The number of rotatable bonds is 5. The van der Waals surface area contributed by atoms with Crippen molar-refractivity contribution in [3.8, 4) is 17.2 Å². The van der Waals surface area contributed by atoms with Crippen LogP contribution in [0.3, 0.4) is 0 Å². The summed E-state index contributed by atoms with van der Waals surface area (Å²) in [6.07, 6.45) is 0. The van der Waals surface area contributed by atoms with Gasteiger partial charge in [-0.25, -0.2) is 0 Å². The van der Waals surface area contributed by atoms with Gasteiger partial charge in [-0.15, -0.1) is 5.10 Å². The molecule has 1 aliphatic rings. The molecule has 0 saturated carbocycles. The number of nitrogens with zero attached hydrogens (tertiary/aromatic N) is 4. The minimum Gasteiger partial charge on any atom is -0.486 e. The largest absolute Gasteiger partial charge is 0.486 e. The second-order valence-corrected chi connectivity index (χ2v) is 7.36. The lowest BCUT2D eigenvalue weighted by molar-refractivity contribution is -0.113. The van der Waals surface area contributed by atoms with Crippen LogP contribution in [0.1, 0.15) is 11.1 Å². The van der Waals surface area contributed by atoms with Crippen LogP contribution in [0.4, 0.5) is 5.69 Å². The molecular formula is C19H19N5O3S. The number of hydrogen-bond donors (Lipinski definition) is 1. The summed E-state index contributed by atoms with van der Waals surface area (Å²) in [6.45, 7) is 5.08. The van der Waals surface area contributed by atoms with Crippen molar-refractivity contribution in [3.05, 3.63) is 47.5 Å². The Morgan fingerprint density at radius 3 is 2.64 bits per heavy atom. The van der Waals surface area contributed by atoms with E-state index in [1.54, 1.807) is 22.9 Å². The molecule has 3 aromatic rings. The van der Waals surface area contributed by atoms with E-state index in [0.717, 1.165) is 16.8 Å². The maximum Gasteiger partial charge on any atom is 0.234 e. The first kappa shape index (κ1) is 18.3. The van der Waals surface area contributed by atoms with E-state index in [1.807, 2.05) is 26.0 Å². The highest BCUT2D eigenvalue weighted by Gasteiger charge is 2.15. The Hall–Kier alpha value is -3.07. The van der Waals surface area contributed by atoms with Gasteiger partial charge in [0.25, 0.3) is 0 Å². The number of benzene rings is 2. The Labute approximate surface area is 166 Å². The Bertz CT molecular complexity index is 1000. The fourth-order valence-electron chi connectivity index (χ4n) is 2.95. The topological polar surface area (TPSA) is 91.2 Å². The summed E-state index contributed by atoms with van der Waals surface area (Å²) < 4.78 is 12.7. The Kier molecular flexibility index (Phi) is 5.16. The number of nitrogens with one attached hydrogen (secondary N) is 1. The first-order valence-corrected chi connectivity index (χ1v) is 9.76. The molecule has 4 rings (SSSR count). The van der Waals surface area contributed by atoms with Gasteiger partial charge >= 0.3 is 0 Å². The molecule has 1 N–H and O–H groups in total. The number of thioether (sulfide) groups is 1. The monoisotopic (exact) mass is 397 g/mol. The standard InChI is InChI=1S/C19H19N5O3S/c1-12-7-13(2)9-15(8-12)24-19(21-22-23-24)28-11-18(25)20-14-3-4-16-17(10-14)27-6-5-26-16/h3-4,7-10H,5-6,11H2,1-2H3,(H,20,25). The lowest BCUT2D eigenvalue weighted by atomic mass is 10.1. The fourth-order valence-corrected chi connectivity index (χ4v) is 3.64. The quantitative estimate of drug-likeness (QED) is 0.662. The number of anilines is 1. The van der Waals surface area contributed by atoms with E-state index in [1.165, 1.54) is 11.8 Å². The second-order valence-electron chi connectivity index (χ2n) is 6.41. The van der Waals surface area contributed by atoms with Crippen molar-refractivity contribution in [2.45, 2.75) is 19.0 Å². The van der Waals surface area contributed by atoms with Crippen molar-refractivity contribution in [1.29, 1.82) is 0 Å². The molecule has 0 saturated heterocycles. The number of amides is 1. The molecule has 0 atom stereocenters. The van der Waals surface area contributed by atoms with E-state index >= 15 is 0 Å². The van der Waals surface area contributed by atoms with Crippen molar-refractivity contribution in [3.63, 3.8) is 0 Å². The van der Waals surface area contributed by atoms with Crippen LogP contribution in [0.5, 0.6) is 11.5 Å². The predicted octanol–water partition coefficient (Wildman–Crippen LogP) is 2.78. The van der Waals surface area contributed by atoms with E-state index in [2.05, 4.69) is 26.9 Å². The van der Waals surface area contributed by atoms with E-state index in [4.69, 9.17) is 9.47 Å². The normalized spacial score (nSPS) is 12.6. The average Bonchev–Trinajstić information content (AvgIpc) is 3.14. The summed E-state index contributed by atoms with van der Waals surface area (Å²) in [5.41, 5.74) is 3.77. The van der Waals surface area contributed by atoms with Crippen molar-refractivity contribution < 1.29 is 14.3 Å². The predicted molar refractivity (Wildman–Crippen MR) is 105 cm³/mol. The molecule has 2 aromatic carbocycles.